The lowest BCUT2D eigenvalue weighted by atomic mass is 10.2. The number of rotatable bonds is 1. The molecule has 4 rings (SSSR count). The molecule has 0 aliphatic carbocycles. The fraction of sp³-hybridized carbons (Fsp3) is 0.235. The molecular weight excluding hydrogens is 324 g/mol. The number of anilines is 2. The van der Waals surface area contributed by atoms with E-state index in [9.17, 15) is 9.59 Å². The molecule has 0 saturated carbocycles. The Hall–Kier alpha value is -2.67. The number of para-hydroxylation sites is 2. The summed E-state index contributed by atoms with van der Waals surface area (Å²) in [6, 6.07) is 9.29. The molecule has 7 heteroatoms. The Morgan fingerprint density at radius 1 is 1.33 bits per heavy atom. The van der Waals surface area contributed by atoms with Crippen LogP contribution in [0.1, 0.15) is 21.8 Å². The van der Waals surface area contributed by atoms with Crippen molar-refractivity contribution in [3.05, 3.63) is 40.9 Å². The molecule has 0 unspecified atom stereocenters. The predicted octanol–water partition coefficient (Wildman–Crippen LogP) is 2.93. The van der Waals surface area contributed by atoms with E-state index in [1.807, 2.05) is 44.3 Å². The van der Waals surface area contributed by atoms with Gasteiger partial charge in [0.25, 0.3) is 5.91 Å². The third-order valence-electron chi connectivity index (χ3n) is 4.18. The van der Waals surface area contributed by atoms with Crippen molar-refractivity contribution < 1.29 is 9.59 Å². The summed E-state index contributed by atoms with van der Waals surface area (Å²) in [7, 11) is 1.88. The van der Waals surface area contributed by atoms with Crippen molar-refractivity contribution in [2.75, 3.05) is 16.8 Å². The number of amides is 2. The maximum atomic E-state index is 13.1. The number of carbonyl (C=O) groups is 2. The molecule has 24 heavy (non-hydrogen) atoms. The van der Waals surface area contributed by atoms with Gasteiger partial charge in [0.05, 0.1) is 21.9 Å². The van der Waals surface area contributed by atoms with Gasteiger partial charge in [-0.05, 0) is 25.1 Å². The summed E-state index contributed by atoms with van der Waals surface area (Å²) in [5.74, 6) is -0.159. The van der Waals surface area contributed by atoms with Crippen molar-refractivity contribution in [3.63, 3.8) is 0 Å². The van der Waals surface area contributed by atoms with Gasteiger partial charge >= 0.3 is 0 Å². The number of thiophene rings is 1. The van der Waals surface area contributed by atoms with Crippen LogP contribution in [0, 0.1) is 6.92 Å². The first-order chi connectivity index (χ1) is 11.5. The van der Waals surface area contributed by atoms with E-state index in [1.54, 1.807) is 9.58 Å². The second kappa shape index (κ2) is 5.45. The molecule has 0 bridgehead atoms. The maximum absolute atomic E-state index is 13.1. The summed E-state index contributed by atoms with van der Waals surface area (Å²) in [4.78, 5) is 28.3. The van der Waals surface area contributed by atoms with Crippen LogP contribution >= 0.6 is 11.3 Å². The highest BCUT2D eigenvalue weighted by atomic mass is 32.1. The Morgan fingerprint density at radius 3 is 2.92 bits per heavy atom. The van der Waals surface area contributed by atoms with Gasteiger partial charge in [0.15, 0.2) is 0 Å². The van der Waals surface area contributed by atoms with Gasteiger partial charge in [0.1, 0.15) is 4.83 Å². The predicted molar refractivity (Wildman–Crippen MR) is 94.7 cm³/mol. The Balaban J connectivity index is 1.78. The molecule has 1 aliphatic heterocycles. The first kappa shape index (κ1) is 14.9. The quantitative estimate of drug-likeness (QED) is 0.740. The monoisotopic (exact) mass is 340 g/mol. The van der Waals surface area contributed by atoms with Crippen molar-refractivity contribution in [1.82, 2.24) is 9.78 Å². The fourth-order valence-electron chi connectivity index (χ4n) is 3.02. The van der Waals surface area contributed by atoms with E-state index in [4.69, 9.17) is 0 Å². The molecule has 6 nitrogen and oxygen atoms in total. The third-order valence-corrected chi connectivity index (χ3v) is 5.37. The molecule has 0 saturated heterocycles. The first-order valence-electron chi connectivity index (χ1n) is 7.68. The number of carbonyl (C=O) groups excluding carboxylic acids is 2. The second-order valence-electron chi connectivity index (χ2n) is 5.81. The molecule has 122 valence electrons. The van der Waals surface area contributed by atoms with Crippen LogP contribution in [0.15, 0.2) is 30.3 Å². The van der Waals surface area contributed by atoms with Crippen molar-refractivity contribution in [2.45, 2.75) is 13.3 Å². The molecule has 1 aromatic carbocycles. The van der Waals surface area contributed by atoms with Gasteiger partial charge < -0.3 is 10.2 Å². The Kier molecular flexibility index (Phi) is 3.38. The van der Waals surface area contributed by atoms with E-state index >= 15 is 0 Å². The average molecular weight is 340 g/mol. The van der Waals surface area contributed by atoms with Gasteiger partial charge in [0.2, 0.25) is 5.91 Å². The maximum Gasteiger partial charge on any atom is 0.268 e. The van der Waals surface area contributed by atoms with Gasteiger partial charge in [-0.1, -0.05) is 12.1 Å². The van der Waals surface area contributed by atoms with Crippen LogP contribution in [-0.4, -0.2) is 28.1 Å². The zero-order valence-corrected chi connectivity index (χ0v) is 14.2. The van der Waals surface area contributed by atoms with Crippen LogP contribution < -0.4 is 10.2 Å². The lowest BCUT2D eigenvalue weighted by molar-refractivity contribution is -0.115. The lowest BCUT2D eigenvalue weighted by Gasteiger charge is -2.21. The SMILES string of the molecule is Cc1nn(C)c2sc(C(=O)N3CCC(=O)Nc4ccccc43)cc12. The summed E-state index contributed by atoms with van der Waals surface area (Å²) in [6.45, 7) is 2.31. The van der Waals surface area contributed by atoms with Crippen LogP contribution in [-0.2, 0) is 11.8 Å². The van der Waals surface area contributed by atoms with Crippen molar-refractivity contribution in [2.24, 2.45) is 7.05 Å². The lowest BCUT2D eigenvalue weighted by Crippen LogP contribution is -2.31. The van der Waals surface area contributed by atoms with Crippen LogP contribution in [0.4, 0.5) is 11.4 Å². The summed E-state index contributed by atoms with van der Waals surface area (Å²) in [5.41, 5.74) is 2.32. The summed E-state index contributed by atoms with van der Waals surface area (Å²) >= 11 is 1.43. The second-order valence-corrected chi connectivity index (χ2v) is 6.84. The molecule has 0 atom stereocenters. The minimum atomic E-state index is -0.0837. The fourth-order valence-corrected chi connectivity index (χ4v) is 4.09. The highest BCUT2D eigenvalue weighted by Crippen LogP contribution is 2.33. The van der Waals surface area contributed by atoms with E-state index < -0.39 is 0 Å². The number of nitrogens with one attached hydrogen (secondary N) is 1. The van der Waals surface area contributed by atoms with E-state index in [-0.39, 0.29) is 18.2 Å². The number of aryl methyl sites for hydroxylation is 2. The molecule has 0 radical (unpaired) electrons. The largest absolute Gasteiger partial charge is 0.324 e. The van der Waals surface area contributed by atoms with Crippen LogP contribution in [0.25, 0.3) is 10.2 Å². The molecule has 3 heterocycles. The van der Waals surface area contributed by atoms with Gasteiger partial charge in [-0.2, -0.15) is 5.10 Å². The molecule has 2 amide bonds. The summed E-state index contributed by atoms with van der Waals surface area (Å²) < 4.78 is 1.80. The highest BCUT2D eigenvalue weighted by molar-refractivity contribution is 7.20. The normalized spacial score (nSPS) is 14.4. The summed E-state index contributed by atoms with van der Waals surface area (Å²) in [5, 5.41) is 8.23. The van der Waals surface area contributed by atoms with Gasteiger partial charge in [-0.25, -0.2) is 0 Å². The van der Waals surface area contributed by atoms with Gasteiger partial charge in [-0.15, -0.1) is 11.3 Å². The van der Waals surface area contributed by atoms with Crippen LogP contribution in [0.5, 0.6) is 0 Å². The van der Waals surface area contributed by atoms with Gasteiger partial charge in [-0.3, -0.25) is 14.3 Å². The van der Waals surface area contributed by atoms with E-state index in [1.165, 1.54) is 11.3 Å². The zero-order chi connectivity index (χ0) is 16.8. The Labute approximate surface area is 142 Å². The highest BCUT2D eigenvalue weighted by Gasteiger charge is 2.26. The van der Waals surface area contributed by atoms with E-state index in [0.29, 0.717) is 17.1 Å². The third kappa shape index (κ3) is 2.28. The minimum absolute atomic E-state index is 0.0749. The number of hydrogen-bond donors (Lipinski definition) is 1. The first-order valence-corrected chi connectivity index (χ1v) is 8.50. The average Bonchev–Trinajstić information content (AvgIpc) is 3.05. The number of hydrogen-bond acceptors (Lipinski definition) is 4. The number of aromatic nitrogens is 2. The molecule has 1 aliphatic rings. The number of fused-ring (bicyclic) bond motifs is 2. The molecular formula is C17H16N4O2S. The van der Waals surface area contributed by atoms with Crippen molar-refractivity contribution >= 4 is 44.7 Å². The molecule has 1 N–H and O–H groups in total. The Morgan fingerprint density at radius 2 is 2.12 bits per heavy atom. The zero-order valence-electron chi connectivity index (χ0n) is 13.4. The standard InChI is InChI=1S/C17H16N4O2S/c1-10-11-9-14(24-17(11)20(2)19-10)16(23)21-8-7-15(22)18-12-5-3-4-6-13(12)21/h3-6,9H,7-8H2,1-2H3,(H,18,22). The minimum Gasteiger partial charge on any atom is -0.324 e. The summed E-state index contributed by atoms with van der Waals surface area (Å²) in [6.07, 6.45) is 0.284. The van der Waals surface area contributed by atoms with Gasteiger partial charge in [0, 0.05) is 25.4 Å². The van der Waals surface area contributed by atoms with Crippen LogP contribution in [0.3, 0.4) is 0 Å². The van der Waals surface area contributed by atoms with Crippen molar-refractivity contribution in [3.8, 4) is 0 Å². The molecule has 0 fully saturated rings. The van der Waals surface area contributed by atoms with Crippen molar-refractivity contribution in [1.29, 1.82) is 0 Å². The number of benzene rings is 1. The molecule has 2 aromatic heterocycles. The number of nitrogens with zero attached hydrogens (tertiary/aromatic N) is 3. The molecule has 3 aromatic rings. The Bertz CT molecular complexity index is 938. The topological polar surface area (TPSA) is 67.2 Å². The molecule has 0 spiro atoms. The smallest absolute Gasteiger partial charge is 0.268 e. The van der Waals surface area contributed by atoms with E-state index in [2.05, 4.69) is 10.4 Å². The van der Waals surface area contributed by atoms with E-state index in [0.717, 1.165) is 21.6 Å². The van der Waals surface area contributed by atoms with Crippen LogP contribution in [0.2, 0.25) is 0 Å².